The molecule has 1 atom stereocenters. The number of carboxylic acids is 1. The van der Waals surface area contributed by atoms with E-state index < -0.39 is 5.97 Å². The molecule has 2 aromatic rings. The molecule has 0 aliphatic heterocycles. The highest BCUT2D eigenvalue weighted by molar-refractivity contribution is 6.35. The zero-order valence-corrected chi connectivity index (χ0v) is 13.8. The zero-order valence-electron chi connectivity index (χ0n) is 13.0. The second kappa shape index (κ2) is 7.33. The summed E-state index contributed by atoms with van der Waals surface area (Å²) in [4.78, 5) is 24.1. The minimum Gasteiger partial charge on any atom is -0.481 e. The van der Waals surface area contributed by atoms with Crippen molar-refractivity contribution in [2.45, 2.75) is 19.4 Å². The van der Waals surface area contributed by atoms with E-state index in [1.807, 2.05) is 43.3 Å². The minimum atomic E-state index is -0.929. The molecule has 2 amide bonds. The minimum absolute atomic E-state index is 0.0812. The van der Waals surface area contributed by atoms with E-state index in [0.29, 0.717) is 5.02 Å². The normalized spacial score (nSPS) is 12.0. The summed E-state index contributed by atoms with van der Waals surface area (Å²) in [5, 5.41) is 14.2. The summed E-state index contributed by atoms with van der Waals surface area (Å²) < 4.78 is 0. The van der Waals surface area contributed by atoms with Crippen LogP contribution in [0.3, 0.4) is 0 Å². The molecule has 0 saturated heterocycles. The number of rotatable bonds is 5. The molecule has 1 unspecified atom stereocenters. The molecule has 0 saturated carbocycles. The van der Waals surface area contributed by atoms with Gasteiger partial charge in [0.2, 0.25) is 0 Å². The number of urea groups is 1. The van der Waals surface area contributed by atoms with Crippen molar-refractivity contribution in [3.8, 4) is 0 Å². The number of aliphatic carboxylic acids is 1. The van der Waals surface area contributed by atoms with Crippen LogP contribution in [-0.4, -0.2) is 35.6 Å². The lowest BCUT2D eigenvalue weighted by atomic mass is 10.00. The van der Waals surface area contributed by atoms with Crippen LogP contribution in [0.4, 0.5) is 4.79 Å². The predicted molar refractivity (Wildman–Crippen MR) is 90.8 cm³/mol. The van der Waals surface area contributed by atoms with Gasteiger partial charge in [-0.05, 0) is 23.9 Å². The fourth-order valence-electron chi connectivity index (χ4n) is 2.40. The molecule has 0 radical (unpaired) electrons. The molecule has 122 valence electrons. The number of nitrogens with zero attached hydrogens (tertiary/aromatic N) is 1. The van der Waals surface area contributed by atoms with Crippen molar-refractivity contribution < 1.29 is 14.7 Å². The van der Waals surface area contributed by atoms with Gasteiger partial charge in [0, 0.05) is 24.0 Å². The molecule has 0 aliphatic carbocycles. The molecule has 0 bridgehead atoms. The summed E-state index contributed by atoms with van der Waals surface area (Å²) in [5.74, 6) is -0.929. The maximum absolute atomic E-state index is 12.1. The summed E-state index contributed by atoms with van der Waals surface area (Å²) in [6.45, 7) is 2.05. The molecular weight excluding hydrogens is 316 g/mol. The third kappa shape index (κ3) is 4.13. The van der Waals surface area contributed by atoms with Crippen LogP contribution in [0.5, 0.6) is 0 Å². The predicted octanol–water partition coefficient (Wildman–Crippen LogP) is 3.67. The Bertz CT molecular complexity index is 733. The third-order valence-corrected chi connectivity index (χ3v) is 4.05. The van der Waals surface area contributed by atoms with Gasteiger partial charge in [-0.3, -0.25) is 4.79 Å². The van der Waals surface area contributed by atoms with Crippen molar-refractivity contribution in [1.29, 1.82) is 0 Å². The van der Waals surface area contributed by atoms with Crippen LogP contribution >= 0.6 is 11.6 Å². The molecule has 0 aromatic heterocycles. The first-order chi connectivity index (χ1) is 10.9. The van der Waals surface area contributed by atoms with Gasteiger partial charge in [-0.2, -0.15) is 0 Å². The molecule has 6 heteroatoms. The molecular formula is C17H19ClN2O3. The SMILES string of the molecule is CC(NC(=O)N(C)CCC(=O)O)c1ccc(Cl)c2ccccc12. The second-order valence-corrected chi connectivity index (χ2v) is 5.83. The fraction of sp³-hybridized carbons (Fsp3) is 0.294. The fourth-order valence-corrected chi connectivity index (χ4v) is 2.63. The molecule has 2 N–H and O–H groups in total. The van der Waals surface area contributed by atoms with Gasteiger partial charge in [0.25, 0.3) is 0 Å². The van der Waals surface area contributed by atoms with Crippen LogP contribution in [0.2, 0.25) is 5.02 Å². The topological polar surface area (TPSA) is 69.6 Å². The lowest BCUT2D eigenvalue weighted by Gasteiger charge is -2.22. The van der Waals surface area contributed by atoms with Gasteiger partial charge in [0.15, 0.2) is 0 Å². The quantitative estimate of drug-likeness (QED) is 0.876. The largest absolute Gasteiger partial charge is 0.481 e. The summed E-state index contributed by atoms with van der Waals surface area (Å²) in [6.07, 6.45) is -0.0812. The molecule has 0 aliphatic rings. The molecule has 23 heavy (non-hydrogen) atoms. The third-order valence-electron chi connectivity index (χ3n) is 3.72. The van der Waals surface area contributed by atoms with E-state index in [-0.39, 0.29) is 25.0 Å². The van der Waals surface area contributed by atoms with E-state index in [9.17, 15) is 9.59 Å². The second-order valence-electron chi connectivity index (χ2n) is 5.42. The number of carbonyl (C=O) groups is 2. The number of halogens is 1. The van der Waals surface area contributed by atoms with Gasteiger partial charge in [-0.25, -0.2) is 4.79 Å². The van der Waals surface area contributed by atoms with Gasteiger partial charge in [-0.1, -0.05) is 41.9 Å². The van der Waals surface area contributed by atoms with Crippen LogP contribution in [0.1, 0.15) is 24.9 Å². The Kier molecular flexibility index (Phi) is 5.45. The highest BCUT2D eigenvalue weighted by Crippen LogP contribution is 2.29. The van der Waals surface area contributed by atoms with Crippen LogP contribution in [-0.2, 0) is 4.79 Å². The van der Waals surface area contributed by atoms with E-state index in [1.165, 1.54) is 4.90 Å². The molecule has 0 heterocycles. The Morgan fingerprint density at radius 3 is 2.52 bits per heavy atom. The Hall–Kier alpha value is -2.27. The van der Waals surface area contributed by atoms with Crippen molar-refractivity contribution in [3.05, 3.63) is 47.0 Å². The number of amides is 2. The number of nitrogens with one attached hydrogen (secondary N) is 1. The van der Waals surface area contributed by atoms with E-state index in [1.54, 1.807) is 7.05 Å². The van der Waals surface area contributed by atoms with Gasteiger partial charge in [-0.15, -0.1) is 0 Å². The standard InChI is InChI=1S/C17H19ClN2O3/c1-11(19-17(23)20(2)10-9-16(21)22)12-7-8-15(18)14-6-4-3-5-13(12)14/h3-8,11H,9-10H2,1-2H3,(H,19,23)(H,21,22). The van der Waals surface area contributed by atoms with Crippen molar-refractivity contribution in [2.75, 3.05) is 13.6 Å². The summed E-state index contributed by atoms with van der Waals surface area (Å²) >= 11 is 6.21. The first-order valence-corrected chi connectivity index (χ1v) is 7.68. The average molecular weight is 335 g/mol. The Balaban J connectivity index is 2.15. The number of carboxylic acid groups (broad SMARTS) is 1. The highest BCUT2D eigenvalue weighted by Gasteiger charge is 2.16. The first-order valence-electron chi connectivity index (χ1n) is 7.30. The summed E-state index contributed by atoms with van der Waals surface area (Å²) in [5.41, 5.74) is 0.963. The van der Waals surface area contributed by atoms with Crippen molar-refractivity contribution in [1.82, 2.24) is 10.2 Å². The number of benzene rings is 2. The number of hydrogen-bond acceptors (Lipinski definition) is 2. The smallest absolute Gasteiger partial charge is 0.317 e. The number of carbonyl (C=O) groups excluding carboxylic acids is 1. The van der Waals surface area contributed by atoms with Crippen LogP contribution < -0.4 is 5.32 Å². The monoisotopic (exact) mass is 334 g/mol. The summed E-state index contributed by atoms with van der Waals surface area (Å²) in [6, 6.07) is 10.9. The number of hydrogen-bond donors (Lipinski definition) is 2. The maximum atomic E-state index is 12.1. The van der Waals surface area contributed by atoms with Crippen molar-refractivity contribution in [2.24, 2.45) is 0 Å². The van der Waals surface area contributed by atoms with Crippen LogP contribution in [0, 0.1) is 0 Å². The van der Waals surface area contributed by atoms with E-state index in [0.717, 1.165) is 16.3 Å². The lowest BCUT2D eigenvalue weighted by Crippen LogP contribution is -2.39. The van der Waals surface area contributed by atoms with E-state index in [2.05, 4.69) is 5.32 Å². The molecule has 5 nitrogen and oxygen atoms in total. The van der Waals surface area contributed by atoms with Gasteiger partial charge < -0.3 is 15.3 Å². The Labute approximate surface area is 139 Å². The maximum Gasteiger partial charge on any atom is 0.317 e. The van der Waals surface area contributed by atoms with Crippen LogP contribution in [0.25, 0.3) is 10.8 Å². The first kappa shape index (κ1) is 17.1. The molecule has 2 rings (SSSR count). The molecule has 2 aromatic carbocycles. The summed E-state index contributed by atoms with van der Waals surface area (Å²) in [7, 11) is 1.57. The average Bonchev–Trinajstić information content (AvgIpc) is 2.52. The molecule has 0 spiro atoms. The van der Waals surface area contributed by atoms with Gasteiger partial charge in [0.1, 0.15) is 0 Å². The molecule has 0 fully saturated rings. The van der Waals surface area contributed by atoms with Gasteiger partial charge >= 0.3 is 12.0 Å². The Morgan fingerprint density at radius 1 is 1.22 bits per heavy atom. The van der Waals surface area contributed by atoms with E-state index >= 15 is 0 Å². The van der Waals surface area contributed by atoms with E-state index in [4.69, 9.17) is 16.7 Å². The Morgan fingerprint density at radius 2 is 1.87 bits per heavy atom. The highest BCUT2D eigenvalue weighted by atomic mass is 35.5. The van der Waals surface area contributed by atoms with Crippen molar-refractivity contribution >= 4 is 34.4 Å². The lowest BCUT2D eigenvalue weighted by molar-refractivity contribution is -0.137. The van der Waals surface area contributed by atoms with Crippen molar-refractivity contribution in [3.63, 3.8) is 0 Å². The van der Waals surface area contributed by atoms with Gasteiger partial charge in [0.05, 0.1) is 12.5 Å². The van der Waals surface area contributed by atoms with Crippen LogP contribution in [0.15, 0.2) is 36.4 Å². The zero-order chi connectivity index (χ0) is 17.0. The number of fused-ring (bicyclic) bond motifs is 1.